The quantitative estimate of drug-likeness (QED) is 0.709. The normalized spacial score (nSPS) is 11.3. The highest BCUT2D eigenvalue weighted by Crippen LogP contribution is 2.19. The number of benzene rings is 1. The smallest absolute Gasteiger partial charge is 0.423 e. The van der Waals surface area contributed by atoms with Crippen LogP contribution in [-0.4, -0.2) is 24.4 Å². The molecule has 2 nitrogen and oxygen atoms in total. The third kappa shape index (κ3) is 3.90. The van der Waals surface area contributed by atoms with E-state index in [0.717, 1.165) is 12.7 Å². The Morgan fingerprint density at radius 2 is 1.87 bits per heavy atom. The summed E-state index contributed by atoms with van der Waals surface area (Å²) in [6.45, 7) is 6.32. The van der Waals surface area contributed by atoms with E-state index in [1.165, 1.54) is 0 Å². The molecule has 0 unspecified atom stereocenters. The molecule has 0 heterocycles. The van der Waals surface area contributed by atoms with Gasteiger partial charge in [-0.25, -0.2) is 0 Å². The predicted octanol–water partition coefficient (Wildman–Crippen LogP) is 0.300. The van der Waals surface area contributed by atoms with Crippen molar-refractivity contribution in [3.63, 3.8) is 0 Å². The lowest BCUT2D eigenvalue weighted by atomic mass is 9.48. The molecule has 0 aromatic heterocycles. The molecule has 1 aromatic rings. The monoisotopic (exact) mass is 224 g/mol. The van der Waals surface area contributed by atoms with E-state index in [2.05, 4.69) is 20.8 Å². The van der Waals surface area contributed by atoms with E-state index >= 15 is 0 Å². The van der Waals surface area contributed by atoms with Crippen LogP contribution in [0.1, 0.15) is 20.8 Å². The Bertz CT molecular complexity index is 348. The summed E-state index contributed by atoms with van der Waals surface area (Å²) >= 11 is 5.81. The highest BCUT2D eigenvalue weighted by molar-refractivity contribution is 6.70. The molecule has 0 aliphatic rings. The van der Waals surface area contributed by atoms with Crippen molar-refractivity contribution in [2.75, 3.05) is 0 Å². The van der Waals surface area contributed by atoms with Crippen molar-refractivity contribution in [3.8, 4) is 0 Å². The highest BCUT2D eigenvalue weighted by Gasteiger charge is 2.21. The van der Waals surface area contributed by atoms with E-state index in [1.54, 1.807) is 12.1 Å². The second-order valence-electron chi connectivity index (χ2n) is 4.95. The largest absolute Gasteiger partial charge is 0.487 e. The maximum Gasteiger partial charge on any atom is 0.487 e. The molecule has 0 spiro atoms. The Morgan fingerprint density at radius 3 is 2.33 bits per heavy atom. The van der Waals surface area contributed by atoms with E-state index in [1.807, 2.05) is 6.07 Å². The van der Waals surface area contributed by atoms with E-state index in [0.29, 0.717) is 10.5 Å². The topological polar surface area (TPSA) is 40.5 Å². The maximum atomic E-state index is 9.22. The third-order valence-electron chi connectivity index (χ3n) is 2.11. The van der Waals surface area contributed by atoms with Crippen LogP contribution >= 0.6 is 11.6 Å². The molecule has 0 saturated heterocycles. The van der Waals surface area contributed by atoms with Gasteiger partial charge in [-0.15, -0.1) is 0 Å². The minimum atomic E-state index is -1.46. The minimum absolute atomic E-state index is 0.109. The van der Waals surface area contributed by atoms with Crippen molar-refractivity contribution >= 4 is 36.9 Å². The Balaban J connectivity index is 3.06. The zero-order valence-corrected chi connectivity index (χ0v) is 10.0. The summed E-state index contributed by atoms with van der Waals surface area (Å²) in [5.74, 6) is 0. The van der Waals surface area contributed by atoms with Gasteiger partial charge in [0, 0.05) is 5.02 Å². The number of hydrogen-bond donors (Lipinski definition) is 2. The molecule has 1 rings (SSSR count). The number of rotatable bonds is 2. The average Bonchev–Trinajstić information content (AvgIpc) is 2.05. The molecule has 0 fully saturated rings. The van der Waals surface area contributed by atoms with Crippen LogP contribution in [0.25, 0.3) is 0 Å². The standard InChI is InChI=1S/C10H15B2ClO2/c1-10(2,3)11-8-5-4-7(13)6-9(8)12(14)15/h4-6,11,14-15H,1-3H3. The van der Waals surface area contributed by atoms with Gasteiger partial charge < -0.3 is 10.0 Å². The third-order valence-corrected chi connectivity index (χ3v) is 2.34. The number of hydrogen-bond acceptors (Lipinski definition) is 2. The molecule has 0 saturated carbocycles. The van der Waals surface area contributed by atoms with Crippen LogP contribution in [0.3, 0.4) is 0 Å². The molecular formula is C10H15B2ClO2. The molecule has 0 aliphatic carbocycles. The molecular weight excluding hydrogens is 209 g/mol. The fourth-order valence-corrected chi connectivity index (χ4v) is 1.72. The van der Waals surface area contributed by atoms with Gasteiger partial charge in [0.2, 0.25) is 0 Å². The van der Waals surface area contributed by atoms with Crippen LogP contribution in [0.4, 0.5) is 0 Å². The summed E-state index contributed by atoms with van der Waals surface area (Å²) in [5.41, 5.74) is 1.43. The van der Waals surface area contributed by atoms with Crippen LogP contribution in [-0.2, 0) is 0 Å². The molecule has 80 valence electrons. The van der Waals surface area contributed by atoms with Crippen LogP contribution < -0.4 is 10.9 Å². The molecule has 0 bridgehead atoms. The number of halogens is 1. The summed E-state index contributed by atoms with van der Waals surface area (Å²) in [6, 6.07) is 5.23. The first-order chi connectivity index (χ1) is 6.79. The van der Waals surface area contributed by atoms with Crippen molar-refractivity contribution in [1.29, 1.82) is 0 Å². The lowest BCUT2D eigenvalue weighted by Gasteiger charge is -2.18. The fraction of sp³-hybridized carbons (Fsp3) is 0.400. The van der Waals surface area contributed by atoms with Crippen LogP contribution in [0, 0.1) is 0 Å². The van der Waals surface area contributed by atoms with Gasteiger partial charge in [0.05, 0.1) is 0 Å². The van der Waals surface area contributed by atoms with Gasteiger partial charge in [-0.3, -0.25) is 0 Å². The first-order valence-corrected chi connectivity index (χ1v) is 5.32. The lowest BCUT2D eigenvalue weighted by molar-refractivity contribution is 0.426. The molecule has 0 radical (unpaired) electrons. The van der Waals surface area contributed by atoms with E-state index in [-0.39, 0.29) is 5.31 Å². The first kappa shape index (κ1) is 12.6. The van der Waals surface area contributed by atoms with E-state index in [9.17, 15) is 10.0 Å². The van der Waals surface area contributed by atoms with Crippen molar-refractivity contribution in [2.45, 2.75) is 26.1 Å². The SMILES string of the molecule is CC(C)(C)Bc1ccc(Cl)cc1B(O)O. The summed E-state index contributed by atoms with van der Waals surface area (Å²) in [4.78, 5) is 0. The van der Waals surface area contributed by atoms with Gasteiger partial charge in [-0.1, -0.05) is 49.2 Å². The second-order valence-corrected chi connectivity index (χ2v) is 5.39. The van der Waals surface area contributed by atoms with E-state index < -0.39 is 7.12 Å². The van der Waals surface area contributed by atoms with Crippen LogP contribution in [0.2, 0.25) is 10.3 Å². The molecule has 0 atom stereocenters. The molecule has 2 N–H and O–H groups in total. The van der Waals surface area contributed by atoms with Gasteiger partial charge in [0.1, 0.15) is 0 Å². The molecule has 5 heteroatoms. The highest BCUT2D eigenvalue weighted by atomic mass is 35.5. The molecule has 1 aromatic carbocycles. The molecule has 15 heavy (non-hydrogen) atoms. The summed E-state index contributed by atoms with van der Waals surface area (Å²) in [6.07, 6.45) is 0. The van der Waals surface area contributed by atoms with Crippen LogP contribution in [0.5, 0.6) is 0 Å². The maximum absolute atomic E-state index is 9.22. The van der Waals surface area contributed by atoms with Crippen molar-refractivity contribution in [3.05, 3.63) is 23.2 Å². The zero-order valence-electron chi connectivity index (χ0n) is 9.29. The summed E-state index contributed by atoms with van der Waals surface area (Å²) in [7, 11) is -0.669. The minimum Gasteiger partial charge on any atom is -0.423 e. The van der Waals surface area contributed by atoms with Gasteiger partial charge in [0.25, 0.3) is 0 Å². The predicted molar refractivity (Wildman–Crippen MR) is 67.8 cm³/mol. The second kappa shape index (κ2) is 4.60. The van der Waals surface area contributed by atoms with Gasteiger partial charge in [-0.2, -0.15) is 0 Å². The Kier molecular flexibility index (Phi) is 3.87. The Labute approximate surface area is 96.7 Å². The molecule has 0 amide bonds. The summed E-state index contributed by atoms with van der Waals surface area (Å²) < 4.78 is 0. The Hall–Kier alpha value is -0.440. The van der Waals surface area contributed by atoms with Crippen molar-refractivity contribution in [2.24, 2.45) is 0 Å². The summed E-state index contributed by atoms with van der Waals surface area (Å²) in [5, 5.41) is 19.1. The lowest BCUT2D eigenvalue weighted by Crippen LogP contribution is -2.45. The van der Waals surface area contributed by atoms with Gasteiger partial charge in [-0.05, 0) is 17.6 Å². The van der Waals surface area contributed by atoms with Gasteiger partial charge >= 0.3 is 7.12 Å². The molecule has 0 aliphatic heterocycles. The zero-order chi connectivity index (χ0) is 11.6. The Morgan fingerprint density at radius 1 is 1.27 bits per heavy atom. The van der Waals surface area contributed by atoms with Gasteiger partial charge in [0.15, 0.2) is 7.28 Å². The van der Waals surface area contributed by atoms with E-state index in [4.69, 9.17) is 11.6 Å². The van der Waals surface area contributed by atoms with Crippen molar-refractivity contribution < 1.29 is 10.0 Å². The van der Waals surface area contributed by atoms with Crippen LogP contribution in [0.15, 0.2) is 18.2 Å². The fourth-order valence-electron chi connectivity index (χ4n) is 1.54. The average molecular weight is 224 g/mol. The first-order valence-electron chi connectivity index (χ1n) is 4.94. The van der Waals surface area contributed by atoms with Crippen molar-refractivity contribution in [1.82, 2.24) is 0 Å².